The number of nitrogens with zero attached hydrogens (tertiary/aromatic N) is 1. The van der Waals surface area contributed by atoms with Crippen molar-refractivity contribution in [3.05, 3.63) is 59.4 Å². The maximum absolute atomic E-state index is 14.1. The number of carbonyl (C=O) groups is 1. The molecule has 0 bridgehead atoms. The number of carbonyl (C=O) groups excluding carboxylic acids is 1. The van der Waals surface area contributed by atoms with Gasteiger partial charge in [0.2, 0.25) is 5.91 Å². The molecule has 1 heterocycles. The van der Waals surface area contributed by atoms with E-state index in [2.05, 4.69) is 19.1 Å². The molecule has 1 fully saturated rings. The van der Waals surface area contributed by atoms with Gasteiger partial charge in [-0.1, -0.05) is 43.3 Å². The van der Waals surface area contributed by atoms with E-state index in [1.165, 1.54) is 17.2 Å². The Morgan fingerprint density at radius 1 is 1.17 bits per heavy atom. The predicted molar refractivity (Wildman–Crippen MR) is 93.3 cm³/mol. The average Bonchev–Trinajstić information content (AvgIpc) is 2.59. The Morgan fingerprint density at radius 2 is 1.96 bits per heavy atom. The first-order valence-electron chi connectivity index (χ1n) is 8.65. The predicted octanol–water partition coefficient (Wildman–Crippen LogP) is 4.32. The summed E-state index contributed by atoms with van der Waals surface area (Å²) < 4.78 is 14.1. The maximum atomic E-state index is 14.1. The Bertz CT molecular complexity index is 815. The lowest BCUT2D eigenvalue weighted by atomic mass is 9.63. The Balaban J connectivity index is 1.78. The van der Waals surface area contributed by atoms with E-state index in [9.17, 15) is 9.18 Å². The number of aryl methyl sites for hydroxylation is 1. The molecule has 2 aliphatic rings. The Hall–Kier alpha value is -2.16. The Morgan fingerprint density at radius 3 is 2.75 bits per heavy atom. The van der Waals surface area contributed by atoms with Crippen LogP contribution in [0, 0.1) is 5.82 Å². The van der Waals surface area contributed by atoms with E-state index in [1.807, 2.05) is 30.1 Å². The second kappa shape index (κ2) is 5.44. The van der Waals surface area contributed by atoms with E-state index in [1.54, 1.807) is 6.07 Å². The van der Waals surface area contributed by atoms with Crippen molar-refractivity contribution in [2.45, 2.75) is 44.1 Å². The zero-order valence-corrected chi connectivity index (χ0v) is 14.2. The molecule has 1 aliphatic carbocycles. The van der Waals surface area contributed by atoms with E-state index in [0.29, 0.717) is 12.0 Å². The van der Waals surface area contributed by atoms with E-state index in [-0.39, 0.29) is 23.2 Å². The highest BCUT2D eigenvalue weighted by atomic mass is 19.1. The molecule has 24 heavy (non-hydrogen) atoms. The highest BCUT2D eigenvalue weighted by Crippen LogP contribution is 2.46. The second-order valence-electron chi connectivity index (χ2n) is 7.33. The number of hydrogen-bond acceptors (Lipinski definition) is 1. The van der Waals surface area contributed by atoms with Crippen LogP contribution in [0.25, 0.3) is 11.1 Å². The van der Waals surface area contributed by atoms with Gasteiger partial charge >= 0.3 is 0 Å². The summed E-state index contributed by atoms with van der Waals surface area (Å²) in [5.74, 6) is 0.0734. The molecule has 4 rings (SSSR count). The molecule has 1 aliphatic heterocycles. The zero-order chi connectivity index (χ0) is 16.9. The molecule has 0 aromatic heterocycles. The fourth-order valence-electron chi connectivity index (χ4n) is 4.65. The van der Waals surface area contributed by atoms with Crippen LogP contribution in [0.1, 0.15) is 37.3 Å². The van der Waals surface area contributed by atoms with Crippen molar-refractivity contribution in [3.63, 3.8) is 0 Å². The first kappa shape index (κ1) is 15.4. The zero-order valence-electron chi connectivity index (χ0n) is 14.2. The molecule has 2 aromatic carbocycles. The molecule has 0 radical (unpaired) electrons. The minimum atomic E-state index is -0.180. The Labute approximate surface area is 142 Å². The third-order valence-corrected chi connectivity index (χ3v) is 6.05. The topological polar surface area (TPSA) is 20.3 Å². The van der Waals surface area contributed by atoms with Crippen LogP contribution in [0.4, 0.5) is 4.39 Å². The highest BCUT2D eigenvalue weighted by Gasteiger charge is 2.46. The van der Waals surface area contributed by atoms with Crippen LogP contribution in [0.2, 0.25) is 0 Å². The normalized spacial score (nSPS) is 26.0. The van der Waals surface area contributed by atoms with Gasteiger partial charge in [0.15, 0.2) is 0 Å². The maximum Gasteiger partial charge on any atom is 0.222 e. The lowest BCUT2D eigenvalue weighted by molar-refractivity contribution is -0.138. The summed E-state index contributed by atoms with van der Waals surface area (Å²) in [5, 5.41) is 0. The van der Waals surface area contributed by atoms with Gasteiger partial charge in [0.25, 0.3) is 0 Å². The number of fused-ring (bicyclic) bond motifs is 3. The Kier molecular flexibility index (Phi) is 3.48. The molecule has 1 amide bonds. The van der Waals surface area contributed by atoms with Crippen molar-refractivity contribution in [1.29, 1.82) is 0 Å². The number of amides is 1. The molecule has 3 heteroatoms. The van der Waals surface area contributed by atoms with Crippen LogP contribution in [-0.2, 0) is 16.6 Å². The fraction of sp³-hybridized carbons (Fsp3) is 0.381. The number of hydrogen-bond donors (Lipinski definition) is 0. The fourth-order valence-corrected chi connectivity index (χ4v) is 4.65. The summed E-state index contributed by atoms with van der Waals surface area (Å²) in [6.07, 6.45) is 3.42. The van der Waals surface area contributed by atoms with E-state index < -0.39 is 0 Å². The molecule has 0 N–H and O–H groups in total. The summed E-state index contributed by atoms with van der Waals surface area (Å²) in [6, 6.07) is 13.5. The number of benzene rings is 2. The summed E-state index contributed by atoms with van der Waals surface area (Å²) >= 11 is 0. The van der Waals surface area contributed by atoms with Gasteiger partial charge in [-0.25, -0.2) is 4.39 Å². The molecule has 124 valence electrons. The number of likely N-dealkylation sites (tertiary alicyclic amines) is 1. The van der Waals surface area contributed by atoms with Gasteiger partial charge in [0.05, 0.1) is 0 Å². The number of piperidine rings is 1. The van der Waals surface area contributed by atoms with Crippen LogP contribution in [0.5, 0.6) is 0 Å². The lowest BCUT2D eigenvalue weighted by Crippen LogP contribution is -2.56. The number of halogens is 1. The minimum Gasteiger partial charge on any atom is -0.342 e. The summed E-state index contributed by atoms with van der Waals surface area (Å²) in [4.78, 5) is 14.0. The summed E-state index contributed by atoms with van der Waals surface area (Å²) in [5.41, 5.74) is 4.23. The monoisotopic (exact) mass is 323 g/mol. The SMILES string of the molecule is CN1C(=O)CC[C@]2(C)c3ccc(-c4ccccc4F)cc3CC[C@@H]12. The molecule has 2 atom stereocenters. The van der Waals surface area contributed by atoms with Crippen LogP contribution in [0.15, 0.2) is 42.5 Å². The van der Waals surface area contributed by atoms with Crippen molar-refractivity contribution in [2.24, 2.45) is 0 Å². The van der Waals surface area contributed by atoms with Gasteiger partial charge in [0, 0.05) is 30.5 Å². The van der Waals surface area contributed by atoms with E-state index in [4.69, 9.17) is 0 Å². The summed E-state index contributed by atoms with van der Waals surface area (Å²) in [6.45, 7) is 2.28. The van der Waals surface area contributed by atoms with Gasteiger partial charge in [0.1, 0.15) is 5.82 Å². The van der Waals surface area contributed by atoms with E-state index in [0.717, 1.165) is 24.8 Å². The van der Waals surface area contributed by atoms with Crippen LogP contribution < -0.4 is 0 Å². The van der Waals surface area contributed by atoms with Crippen molar-refractivity contribution in [3.8, 4) is 11.1 Å². The quantitative estimate of drug-likeness (QED) is 0.765. The first-order chi connectivity index (χ1) is 11.5. The lowest BCUT2D eigenvalue weighted by Gasteiger charge is -2.50. The van der Waals surface area contributed by atoms with Crippen LogP contribution >= 0.6 is 0 Å². The van der Waals surface area contributed by atoms with Gasteiger partial charge in [-0.15, -0.1) is 0 Å². The van der Waals surface area contributed by atoms with Crippen molar-refractivity contribution >= 4 is 5.91 Å². The minimum absolute atomic E-state index is 0.00397. The highest BCUT2D eigenvalue weighted by molar-refractivity contribution is 5.78. The third kappa shape index (κ3) is 2.18. The van der Waals surface area contributed by atoms with Crippen LogP contribution in [0.3, 0.4) is 0 Å². The number of rotatable bonds is 1. The smallest absolute Gasteiger partial charge is 0.222 e. The average molecular weight is 323 g/mol. The first-order valence-corrected chi connectivity index (χ1v) is 8.65. The van der Waals surface area contributed by atoms with Gasteiger partial charge < -0.3 is 4.90 Å². The molecular weight excluding hydrogens is 301 g/mol. The third-order valence-electron chi connectivity index (χ3n) is 6.05. The van der Waals surface area contributed by atoms with Crippen LogP contribution in [-0.4, -0.2) is 23.9 Å². The molecule has 1 saturated heterocycles. The molecule has 0 spiro atoms. The molecule has 2 aromatic rings. The molecule has 0 saturated carbocycles. The molecule has 2 nitrogen and oxygen atoms in total. The van der Waals surface area contributed by atoms with Gasteiger partial charge in [-0.3, -0.25) is 4.79 Å². The summed E-state index contributed by atoms with van der Waals surface area (Å²) in [7, 11) is 1.93. The van der Waals surface area contributed by atoms with Crippen molar-refractivity contribution in [1.82, 2.24) is 4.90 Å². The second-order valence-corrected chi connectivity index (χ2v) is 7.33. The number of likely N-dealkylation sites (N-methyl/N-ethyl adjacent to an activating group) is 1. The largest absolute Gasteiger partial charge is 0.342 e. The van der Waals surface area contributed by atoms with Crippen molar-refractivity contribution in [2.75, 3.05) is 7.05 Å². The van der Waals surface area contributed by atoms with Crippen molar-refractivity contribution < 1.29 is 9.18 Å². The van der Waals surface area contributed by atoms with E-state index >= 15 is 0 Å². The molecule has 0 unspecified atom stereocenters. The van der Waals surface area contributed by atoms with Gasteiger partial charge in [-0.2, -0.15) is 0 Å². The standard InChI is InChI=1S/C21H22FNO/c1-21-12-11-20(24)23(2)19(21)10-8-15-13-14(7-9-17(15)21)16-5-3-4-6-18(16)22/h3-7,9,13,19H,8,10-12H2,1-2H3/t19-,21-/m1/s1. The van der Waals surface area contributed by atoms with Gasteiger partial charge in [-0.05, 0) is 42.0 Å². The molecular formula is C21H22FNO.